The van der Waals surface area contributed by atoms with Crippen LogP contribution in [0.2, 0.25) is 0 Å². The van der Waals surface area contributed by atoms with E-state index in [4.69, 9.17) is 15.2 Å². The predicted molar refractivity (Wildman–Crippen MR) is 68.9 cm³/mol. The van der Waals surface area contributed by atoms with E-state index in [2.05, 4.69) is 23.9 Å². The molecule has 0 aromatic rings. The van der Waals surface area contributed by atoms with Crippen LogP contribution in [0, 0.1) is 0 Å². The fraction of sp³-hybridized carbons (Fsp3) is 1.00. The molecule has 2 N–H and O–H groups in total. The molecular weight excluding hydrogens is 218 g/mol. The van der Waals surface area contributed by atoms with E-state index in [0.717, 1.165) is 19.5 Å². The summed E-state index contributed by atoms with van der Waals surface area (Å²) in [5.74, 6) is 0. The maximum Gasteiger partial charge on any atom is 0.158 e. The summed E-state index contributed by atoms with van der Waals surface area (Å²) in [5.41, 5.74) is 5.87. The first-order valence-electron chi connectivity index (χ1n) is 6.28. The molecule has 1 heterocycles. The van der Waals surface area contributed by atoms with Crippen molar-refractivity contribution in [1.29, 1.82) is 0 Å². The molecule has 0 spiro atoms. The smallest absolute Gasteiger partial charge is 0.158 e. The van der Waals surface area contributed by atoms with Crippen molar-refractivity contribution in [2.45, 2.75) is 31.2 Å². The van der Waals surface area contributed by atoms with Crippen LogP contribution in [0.25, 0.3) is 0 Å². The minimum Gasteiger partial charge on any atom is -0.356 e. The molecular formula is C12H27N3O2. The van der Waals surface area contributed by atoms with Crippen molar-refractivity contribution in [2.75, 3.05) is 47.9 Å². The van der Waals surface area contributed by atoms with Crippen LogP contribution in [0.1, 0.15) is 12.8 Å². The lowest BCUT2D eigenvalue weighted by Gasteiger charge is -2.29. The number of nitrogens with two attached hydrogens (primary N) is 1. The van der Waals surface area contributed by atoms with Gasteiger partial charge in [-0.2, -0.15) is 0 Å². The van der Waals surface area contributed by atoms with Crippen LogP contribution < -0.4 is 5.73 Å². The highest BCUT2D eigenvalue weighted by Crippen LogP contribution is 2.18. The van der Waals surface area contributed by atoms with Crippen molar-refractivity contribution >= 4 is 0 Å². The molecule has 1 rings (SSSR count). The van der Waals surface area contributed by atoms with Crippen LogP contribution in [-0.4, -0.2) is 76.1 Å². The first-order valence-corrected chi connectivity index (χ1v) is 6.28. The number of nitrogens with zero attached hydrogens (tertiary/aromatic N) is 2. The molecule has 1 aliphatic rings. The van der Waals surface area contributed by atoms with Gasteiger partial charge >= 0.3 is 0 Å². The van der Waals surface area contributed by atoms with Crippen molar-refractivity contribution in [3.05, 3.63) is 0 Å². The highest BCUT2D eigenvalue weighted by molar-refractivity contribution is 4.86. The average molecular weight is 245 g/mol. The molecule has 0 amide bonds. The van der Waals surface area contributed by atoms with Gasteiger partial charge in [0.05, 0.1) is 0 Å². The van der Waals surface area contributed by atoms with Crippen molar-refractivity contribution in [3.63, 3.8) is 0 Å². The van der Waals surface area contributed by atoms with Crippen molar-refractivity contribution in [3.8, 4) is 0 Å². The van der Waals surface area contributed by atoms with E-state index in [1.807, 2.05) is 0 Å². The molecule has 5 nitrogen and oxygen atoms in total. The fourth-order valence-corrected chi connectivity index (χ4v) is 2.43. The minimum absolute atomic E-state index is 0.151. The quantitative estimate of drug-likeness (QED) is 0.638. The second-order valence-electron chi connectivity index (χ2n) is 4.93. The summed E-state index contributed by atoms with van der Waals surface area (Å²) in [4.78, 5) is 4.74. The maximum absolute atomic E-state index is 5.87. The number of methoxy groups -OCH3 is 2. The molecule has 0 aromatic heterocycles. The molecule has 5 heteroatoms. The van der Waals surface area contributed by atoms with Gasteiger partial charge in [0.25, 0.3) is 0 Å². The van der Waals surface area contributed by atoms with E-state index in [0.29, 0.717) is 18.6 Å². The highest BCUT2D eigenvalue weighted by Gasteiger charge is 2.30. The lowest BCUT2D eigenvalue weighted by atomic mass is 10.1. The zero-order valence-corrected chi connectivity index (χ0v) is 11.6. The number of hydrogen-bond acceptors (Lipinski definition) is 5. The third kappa shape index (κ3) is 4.19. The first-order chi connectivity index (χ1) is 8.12. The Bertz CT molecular complexity index is 210. The van der Waals surface area contributed by atoms with E-state index in [1.54, 1.807) is 14.2 Å². The Labute approximate surface area is 105 Å². The predicted octanol–water partition coefficient (Wildman–Crippen LogP) is -0.0414. The van der Waals surface area contributed by atoms with E-state index < -0.39 is 0 Å². The molecule has 17 heavy (non-hydrogen) atoms. The van der Waals surface area contributed by atoms with Gasteiger partial charge in [0.1, 0.15) is 0 Å². The molecule has 0 radical (unpaired) electrons. The van der Waals surface area contributed by atoms with E-state index in [9.17, 15) is 0 Å². The maximum atomic E-state index is 5.87. The molecule has 1 aliphatic heterocycles. The van der Waals surface area contributed by atoms with Gasteiger partial charge in [0.2, 0.25) is 0 Å². The topological polar surface area (TPSA) is 51.0 Å². The monoisotopic (exact) mass is 245 g/mol. The van der Waals surface area contributed by atoms with Gasteiger partial charge in [-0.1, -0.05) is 0 Å². The van der Waals surface area contributed by atoms with Gasteiger partial charge in [-0.05, 0) is 20.5 Å². The number of likely N-dealkylation sites (tertiary alicyclic amines) is 1. The Morgan fingerprint density at radius 2 is 2.00 bits per heavy atom. The van der Waals surface area contributed by atoms with Crippen LogP contribution in [0.3, 0.4) is 0 Å². The van der Waals surface area contributed by atoms with Gasteiger partial charge < -0.3 is 20.1 Å². The summed E-state index contributed by atoms with van der Waals surface area (Å²) >= 11 is 0. The van der Waals surface area contributed by atoms with Crippen molar-refractivity contribution < 1.29 is 9.47 Å². The molecule has 0 aliphatic carbocycles. The normalized spacial score (nSPS) is 23.8. The van der Waals surface area contributed by atoms with Crippen LogP contribution in [-0.2, 0) is 9.47 Å². The largest absolute Gasteiger partial charge is 0.356 e. The van der Waals surface area contributed by atoms with Crippen molar-refractivity contribution in [2.24, 2.45) is 5.73 Å². The molecule has 0 aromatic carbocycles. The summed E-state index contributed by atoms with van der Waals surface area (Å²) < 4.78 is 10.5. The molecule has 2 unspecified atom stereocenters. The van der Waals surface area contributed by atoms with E-state index >= 15 is 0 Å². The van der Waals surface area contributed by atoms with Gasteiger partial charge in [-0.25, -0.2) is 0 Å². The van der Waals surface area contributed by atoms with E-state index in [-0.39, 0.29) is 6.29 Å². The van der Waals surface area contributed by atoms with E-state index in [1.165, 1.54) is 6.42 Å². The summed E-state index contributed by atoms with van der Waals surface area (Å²) in [6, 6.07) is 0.998. The summed E-state index contributed by atoms with van der Waals surface area (Å²) in [6.07, 6.45) is 1.90. The molecule has 1 fully saturated rings. The zero-order valence-electron chi connectivity index (χ0n) is 11.6. The standard InChI is InChI=1S/C12H27N3O2/c1-14(2)10-5-6-15(9-10)11(8-13)7-12(16-3)17-4/h10-12H,5-9,13H2,1-4H3. The van der Waals surface area contributed by atoms with Gasteiger partial charge in [0.15, 0.2) is 6.29 Å². The summed E-state index contributed by atoms with van der Waals surface area (Å²) in [7, 11) is 7.63. The SMILES string of the molecule is COC(CC(CN)N1CCC(N(C)C)C1)OC. The van der Waals surface area contributed by atoms with Crippen LogP contribution in [0.4, 0.5) is 0 Å². The number of hydrogen-bond donors (Lipinski definition) is 1. The number of likely N-dealkylation sites (N-methyl/N-ethyl adjacent to an activating group) is 1. The Hall–Kier alpha value is -0.200. The third-order valence-electron chi connectivity index (χ3n) is 3.70. The van der Waals surface area contributed by atoms with Crippen LogP contribution in [0.15, 0.2) is 0 Å². The average Bonchev–Trinajstić information content (AvgIpc) is 2.80. The van der Waals surface area contributed by atoms with Crippen LogP contribution in [0.5, 0.6) is 0 Å². The van der Waals surface area contributed by atoms with Gasteiger partial charge in [-0.15, -0.1) is 0 Å². The Kier molecular flexibility index (Phi) is 6.37. The number of rotatable bonds is 7. The Morgan fingerprint density at radius 1 is 1.35 bits per heavy atom. The zero-order chi connectivity index (χ0) is 12.8. The third-order valence-corrected chi connectivity index (χ3v) is 3.70. The van der Waals surface area contributed by atoms with Crippen LogP contribution >= 0.6 is 0 Å². The fourth-order valence-electron chi connectivity index (χ4n) is 2.43. The summed E-state index contributed by atoms with van der Waals surface area (Å²) in [6.45, 7) is 2.86. The Morgan fingerprint density at radius 3 is 2.41 bits per heavy atom. The van der Waals surface area contributed by atoms with Gasteiger partial charge in [-0.3, -0.25) is 4.90 Å². The van der Waals surface area contributed by atoms with Gasteiger partial charge in [0, 0.05) is 52.4 Å². The summed E-state index contributed by atoms with van der Waals surface area (Å²) in [5, 5.41) is 0. The highest BCUT2D eigenvalue weighted by atomic mass is 16.7. The molecule has 1 saturated heterocycles. The second kappa shape index (κ2) is 7.28. The first kappa shape index (κ1) is 14.9. The number of ether oxygens (including phenoxy) is 2. The lowest BCUT2D eigenvalue weighted by Crippen LogP contribution is -2.43. The second-order valence-corrected chi connectivity index (χ2v) is 4.93. The molecule has 2 atom stereocenters. The minimum atomic E-state index is -0.151. The molecule has 0 saturated carbocycles. The molecule has 102 valence electrons. The van der Waals surface area contributed by atoms with Crippen molar-refractivity contribution in [1.82, 2.24) is 9.80 Å². The molecule has 0 bridgehead atoms. The Balaban J connectivity index is 2.46. The lowest BCUT2D eigenvalue weighted by molar-refractivity contribution is -0.115.